The summed E-state index contributed by atoms with van der Waals surface area (Å²) in [6.07, 6.45) is 0.879. The minimum Gasteiger partial charge on any atom is -0.450 e. The Kier molecular flexibility index (Phi) is 6.89. The van der Waals surface area contributed by atoms with Crippen molar-refractivity contribution < 1.29 is 19.6 Å². The summed E-state index contributed by atoms with van der Waals surface area (Å²) < 4.78 is 4.68. The van der Waals surface area contributed by atoms with Crippen molar-refractivity contribution in [2.24, 2.45) is 0 Å². The fourth-order valence-corrected chi connectivity index (χ4v) is 4.04. The molecule has 0 aliphatic rings. The highest BCUT2D eigenvalue weighted by Crippen LogP contribution is 2.34. The molecule has 2 aromatic rings. The minimum absolute atomic E-state index is 0.0209. The van der Waals surface area contributed by atoms with Gasteiger partial charge in [-0.25, -0.2) is 9.78 Å². The van der Waals surface area contributed by atoms with Crippen LogP contribution in [-0.4, -0.2) is 33.0 Å². The van der Waals surface area contributed by atoms with Crippen LogP contribution >= 0.6 is 21.6 Å². The SMILES string of the molecule is O=C(O)OCC(Cc1ccc([N+](=O)[O-])cc1)SSc1ccccn1. The molecule has 0 amide bonds. The average Bonchev–Trinajstić information content (AvgIpc) is 2.58. The fourth-order valence-electron chi connectivity index (χ4n) is 1.82. The molecule has 0 bridgehead atoms. The monoisotopic (exact) mass is 366 g/mol. The molecule has 24 heavy (non-hydrogen) atoms. The van der Waals surface area contributed by atoms with Gasteiger partial charge >= 0.3 is 6.16 Å². The average molecular weight is 366 g/mol. The van der Waals surface area contributed by atoms with Crippen LogP contribution in [-0.2, 0) is 11.2 Å². The molecule has 1 heterocycles. The number of aromatic nitrogens is 1. The van der Waals surface area contributed by atoms with E-state index in [0.717, 1.165) is 10.6 Å². The van der Waals surface area contributed by atoms with E-state index < -0.39 is 11.1 Å². The number of nitro benzene ring substituents is 1. The molecule has 0 saturated carbocycles. The first-order valence-corrected chi connectivity index (χ1v) is 9.09. The summed E-state index contributed by atoms with van der Waals surface area (Å²) in [7, 11) is 2.89. The van der Waals surface area contributed by atoms with Crippen LogP contribution < -0.4 is 0 Å². The Morgan fingerprint density at radius 1 is 1.29 bits per heavy atom. The first-order valence-electron chi connectivity index (χ1n) is 6.88. The molecule has 0 spiro atoms. The predicted molar refractivity (Wildman–Crippen MR) is 92.3 cm³/mol. The third-order valence-corrected chi connectivity index (χ3v) is 5.61. The van der Waals surface area contributed by atoms with Crippen molar-refractivity contribution in [3.63, 3.8) is 0 Å². The molecule has 1 aromatic carbocycles. The third kappa shape index (κ3) is 6.09. The molecule has 9 heteroatoms. The largest absolute Gasteiger partial charge is 0.505 e. The zero-order valence-electron chi connectivity index (χ0n) is 12.4. The van der Waals surface area contributed by atoms with Gasteiger partial charge in [-0.15, -0.1) is 0 Å². The van der Waals surface area contributed by atoms with Gasteiger partial charge in [-0.1, -0.05) is 29.0 Å². The Hall–Kier alpha value is -2.26. The molecule has 1 unspecified atom stereocenters. The van der Waals surface area contributed by atoms with E-state index in [-0.39, 0.29) is 17.5 Å². The van der Waals surface area contributed by atoms with Crippen molar-refractivity contribution in [3.05, 3.63) is 64.3 Å². The Morgan fingerprint density at radius 2 is 2.04 bits per heavy atom. The number of carboxylic acid groups (broad SMARTS) is 1. The highest BCUT2D eigenvalue weighted by molar-refractivity contribution is 8.76. The molecule has 0 saturated heterocycles. The van der Waals surface area contributed by atoms with Crippen LogP contribution in [0.15, 0.2) is 53.7 Å². The third-order valence-electron chi connectivity index (χ3n) is 2.91. The van der Waals surface area contributed by atoms with Crippen LogP contribution in [0.25, 0.3) is 0 Å². The Bertz CT molecular complexity index is 682. The lowest BCUT2D eigenvalue weighted by Gasteiger charge is -2.15. The molecular weight excluding hydrogens is 352 g/mol. The molecule has 0 fully saturated rings. The first-order chi connectivity index (χ1) is 11.5. The van der Waals surface area contributed by atoms with E-state index in [4.69, 9.17) is 5.11 Å². The van der Waals surface area contributed by atoms with Gasteiger partial charge in [0.15, 0.2) is 0 Å². The van der Waals surface area contributed by atoms with E-state index in [1.165, 1.54) is 33.7 Å². The normalized spacial score (nSPS) is 11.7. The van der Waals surface area contributed by atoms with E-state index in [9.17, 15) is 14.9 Å². The van der Waals surface area contributed by atoms with Crippen LogP contribution in [0.1, 0.15) is 5.56 Å². The fraction of sp³-hybridized carbons (Fsp3) is 0.200. The van der Waals surface area contributed by atoms with Gasteiger partial charge in [0.05, 0.1) is 10.2 Å². The second kappa shape index (κ2) is 9.14. The van der Waals surface area contributed by atoms with E-state index in [0.29, 0.717) is 6.42 Å². The lowest BCUT2D eigenvalue weighted by molar-refractivity contribution is -0.384. The van der Waals surface area contributed by atoms with Crippen LogP contribution in [0.2, 0.25) is 0 Å². The van der Waals surface area contributed by atoms with Gasteiger partial charge < -0.3 is 9.84 Å². The van der Waals surface area contributed by atoms with Crippen molar-refractivity contribution in [1.82, 2.24) is 4.98 Å². The van der Waals surface area contributed by atoms with Crippen molar-refractivity contribution in [1.29, 1.82) is 0 Å². The summed E-state index contributed by atoms with van der Waals surface area (Å²) in [5.41, 5.74) is 0.890. The lowest BCUT2D eigenvalue weighted by Crippen LogP contribution is -2.17. The summed E-state index contributed by atoms with van der Waals surface area (Å²) >= 11 is 0. The van der Waals surface area contributed by atoms with Crippen LogP contribution in [0.5, 0.6) is 0 Å². The highest BCUT2D eigenvalue weighted by atomic mass is 33.1. The number of carbonyl (C=O) groups is 1. The van der Waals surface area contributed by atoms with Crippen LogP contribution in [0.4, 0.5) is 10.5 Å². The maximum atomic E-state index is 10.7. The van der Waals surface area contributed by atoms with Crippen molar-refractivity contribution in [3.8, 4) is 0 Å². The number of benzene rings is 1. The molecule has 0 aliphatic heterocycles. The number of nitrogens with zero attached hydrogens (tertiary/aromatic N) is 2. The van der Waals surface area contributed by atoms with Gasteiger partial charge in [-0.05, 0) is 34.9 Å². The van der Waals surface area contributed by atoms with E-state index >= 15 is 0 Å². The summed E-state index contributed by atoms with van der Waals surface area (Å²) in [5.74, 6) is 0. The molecule has 1 aromatic heterocycles. The predicted octanol–water partition coefficient (Wildman–Crippen LogP) is 4.04. The topological polar surface area (TPSA) is 103 Å². The van der Waals surface area contributed by atoms with Gasteiger partial charge in [0.1, 0.15) is 11.6 Å². The number of ether oxygens (including phenoxy) is 1. The summed E-state index contributed by atoms with van der Waals surface area (Å²) in [4.78, 5) is 25.0. The molecule has 1 atom stereocenters. The molecule has 0 aliphatic carbocycles. The number of pyridine rings is 1. The second-order valence-electron chi connectivity index (χ2n) is 4.67. The minimum atomic E-state index is -1.33. The molecule has 7 nitrogen and oxygen atoms in total. The van der Waals surface area contributed by atoms with Crippen LogP contribution in [0, 0.1) is 10.1 Å². The van der Waals surface area contributed by atoms with Gasteiger partial charge in [0.25, 0.3) is 5.69 Å². The maximum absolute atomic E-state index is 10.7. The van der Waals surface area contributed by atoms with E-state index in [1.54, 1.807) is 18.3 Å². The molecule has 2 rings (SSSR count). The quantitative estimate of drug-likeness (QED) is 0.323. The summed E-state index contributed by atoms with van der Waals surface area (Å²) in [6, 6.07) is 11.7. The Morgan fingerprint density at radius 3 is 2.62 bits per heavy atom. The number of hydrogen-bond acceptors (Lipinski definition) is 7. The van der Waals surface area contributed by atoms with E-state index in [1.807, 2.05) is 18.2 Å². The zero-order valence-corrected chi connectivity index (χ0v) is 14.0. The van der Waals surface area contributed by atoms with Crippen LogP contribution in [0.3, 0.4) is 0 Å². The smallest absolute Gasteiger partial charge is 0.450 e. The number of nitro groups is 1. The van der Waals surface area contributed by atoms with Gasteiger partial charge in [-0.2, -0.15) is 0 Å². The molecular formula is C15H14N2O5S2. The Labute approximate surface area is 146 Å². The standard InChI is InChI=1S/C15H14N2O5S2/c18-15(19)22-10-13(23-24-14-3-1-2-8-16-14)9-11-4-6-12(7-5-11)17(20)21/h1-8,13H,9-10H2,(H,18,19). The van der Waals surface area contributed by atoms with Gasteiger partial charge in [0, 0.05) is 18.3 Å². The number of hydrogen-bond donors (Lipinski definition) is 1. The summed E-state index contributed by atoms with van der Waals surface area (Å²) in [6.45, 7) is 0.0246. The summed E-state index contributed by atoms with van der Waals surface area (Å²) in [5, 5.41) is 20.0. The highest BCUT2D eigenvalue weighted by Gasteiger charge is 2.15. The van der Waals surface area contributed by atoms with Crippen molar-refractivity contribution in [2.75, 3.05) is 6.61 Å². The van der Waals surface area contributed by atoms with Crippen molar-refractivity contribution >= 4 is 33.4 Å². The Balaban J connectivity index is 1.99. The van der Waals surface area contributed by atoms with Gasteiger partial charge in [0.2, 0.25) is 0 Å². The number of non-ortho nitro benzene ring substituents is 1. The van der Waals surface area contributed by atoms with Gasteiger partial charge in [-0.3, -0.25) is 10.1 Å². The second-order valence-corrected chi connectivity index (χ2v) is 7.20. The van der Waals surface area contributed by atoms with Crippen molar-refractivity contribution in [2.45, 2.75) is 16.7 Å². The number of rotatable bonds is 8. The van der Waals surface area contributed by atoms with E-state index in [2.05, 4.69) is 9.72 Å². The molecule has 0 radical (unpaired) electrons. The maximum Gasteiger partial charge on any atom is 0.505 e. The lowest BCUT2D eigenvalue weighted by atomic mass is 10.1. The molecule has 1 N–H and O–H groups in total. The zero-order chi connectivity index (χ0) is 17.4. The molecule has 126 valence electrons. The first kappa shape index (κ1) is 18.1.